The smallest absolute Gasteiger partial charge is 0.320 e. The van der Waals surface area contributed by atoms with E-state index in [0.717, 1.165) is 25.9 Å². The molecule has 4 heteroatoms. The first kappa shape index (κ1) is 11.9. The van der Waals surface area contributed by atoms with Crippen molar-refractivity contribution in [2.24, 2.45) is 0 Å². The van der Waals surface area contributed by atoms with Gasteiger partial charge in [0.15, 0.2) is 0 Å². The van der Waals surface area contributed by atoms with Gasteiger partial charge in [-0.25, -0.2) is 0 Å². The number of aliphatic carboxylic acids is 1. The first-order valence-electron chi connectivity index (χ1n) is 5.38. The maximum Gasteiger partial charge on any atom is 0.320 e. The molecule has 0 bridgehead atoms. The molecule has 0 radical (unpaired) electrons. The largest absolute Gasteiger partial charge is 0.480 e. The molecular weight excluding hydrogens is 317 g/mol. The number of hydrogen-bond acceptors (Lipinski definition) is 2. The Morgan fingerprint density at radius 2 is 2.38 bits per heavy atom. The summed E-state index contributed by atoms with van der Waals surface area (Å²) in [6, 6.07) is 7.93. The number of carbonyl (C=O) groups is 1. The molecular formula is C12H14INO2. The molecule has 86 valence electrons. The zero-order valence-electron chi connectivity index (χ0n) is 8.90. The van der Waals surface area contributed by atoms with Gasteiger partial charge < -0.3 is 5.11 Å². The Balaban J connectivity index is 2.06. The van der Waals surface area contributed by atoms with E-state index in [2.05, 4.69) is 34.7 Å². The highest BCUT2D eigenvalue weighted by molar-refractivity contribution is 14.1. The normalized spacial score (nSPS) is 21.2. The average Bonchev–Trinajstić information content (AvgIpc) is 2.66. The molecule has 0 saturated carbocycles. The zero-order valence-corrected chi connectivity index (χ0v) is 11.1. The molecule has 3 nitrogen and oxygen atoms in total. The molecule has 2 rings (SSSR count). The zero-order chi connectivity index (χ0) is 11.5. The second-order valence-electron chi connectivity index (χ2n) is 4.10. The molecule has 16 heavy (non-hydrogen) atoms. The van der Waals surface area contributed by atoms with Gasteiger partial charge in [0.1, 0.15) is 6.04 Å². The van der Waals surface area contributed by atoms with Crippen LogP contribution in [0.3, 0.4) is 0 Å². The van der Waals surface area contributed by atoms with Crippen LogP contribution in [0.4, 0.5) is 0 Å². The van der Waals surface area contributed by atoms with Crippen LogP contribution in [0.25, 0.3) is 0 Å². The molecule has 1 aliphatic rings. The third kappa shape index (κ3) is 2.74. The van der Waals surface area contributed by atoms with Gasteiger partial charge in [0.05, 0.1) is 0 Å². The van der Waals surface area contributed by atoms with Crippen molar-refractivity contribution in [1.82, 2.24) is 4.90 Å². The van der Waals surface area contributed by atoms with E-state index in [9.17, 15) is 4.79 Å². The van der Waals surface area contributed by atoms with Crippen LogP contribution >= 0.6 is 22.6 Å². The van der Waals surface area contributed by atoms with E-state index in [1.807, 2.05) is 17.0 Å². The van der Waals surface area contributed by atoms with Crippen LogP contribution in [0.1, 0.15) is 18.4 Å². The van der Waals surface area contributed by atoms with Crippen molar-refractivity contribution in [3.63, 3.8) is 0 Å². The molecule has 0 aromatic heterocycles. The predicted molar refractivity (Wildman–Crippen MR) is 70.2 cm³/mol. The molecule has 1 heterocycles. The molecule has 1 aromatic rings. The molecule has 0 amide bonds. The maximum atomic E-state index is 11.0. The van der Waals surface area contributed by atoms with Crippen LogP contribution in [-0.2, 0) is 11.3 Å². The second-order valence-corrected chi connectivity index (χ2v) is 5.34. The predicted octanol–water partition coefficient (Wildman–Crippen LogP) is 2.34. The minimum atomic E-state index is -0.692. The van der Waals surface area contributed by atoms with Gasteiger partial charge >= 0.3 is 5.97 Å². The number of benzene rings is 1. The summed E-state index contributed by atoms with van der Waals surface area (Å²) in [7, 11) is 0. The fourth-order valence-electron chi connectivity index (χ4n) is 2.16. The summed E-state index contributed by atoms with van der Waals surface area (Å²) in [5.41, 5.74) is 1.19. The number of halogens is 1. The standard InChI is InChI=1S/C12H14INO2/c13-10-4-1-3-9(7-10)8-14-6-2-5-11(14)12(15)16/h1,3-4,7,11H,2,5-6,8H2,(H,15,16)/t11-/m0/s1. The van der Waals surface area contributed by atoms with Crippen LogP contribution in [0.2, 0.25) is 0 Å². The van der Waals surface area contributed by atoms with E-state index in [0.29, 0.717) is 0 Å². The first-order valence-corrected chi connectivity index (χ1v) is 6.46. The highest BCUT2D eigenvalue weighted by Crippen LogP contribution is 2.20. The molecule has 0 aliphatic carbocycles. The van der Waals surface area contributed by atoms with Crippen LogP contribution in [0, 0.1) is 3.57 Å². The lowest BCUT2D eigenvalue weighted by Crippen LogP contribution is -2.35. The lowest BCUT2D eigenvalue weighted by molar-refractivity contribution is -0.142. The molecule has 1 atom stereocenters. The van der Waals surface area contributed by atoms with Gasteiger partial charge in [-0.15, -0.1) is 0 Å². The van der Waals surface area contributed by atoms with Crippen molar-refractivity contribution in [1.29, 1.82) is 0 Å². The molecule has 1 aliphatic heterocycles. The number of carboxylic acids is 1. The second kappa shape index (κ2) is 5.14. The Morgan fingerprint density at radius 1 is 1.56 bits per heavy atom. The van der Waals surface area contributed by atoms with Crippen molar-refractivity contribution >= 4 is 28.6 Å². The van der Waals surface area contributed by atoms with Crippen molar-refractivity contribution in [2.75, 3.05) is 6.54 Å². The molecule has 0 unspecified atom stereocenters. The summed E-state index contributed by atoms with van der Waals surface area (Å²) in [4.78, 5) is 13.1. The van der Waals surface area contributed by atoms with Gasteiger partial charge in [-0.05, 0) is 59.7 Å². The number of hydrogen-bond donors (Lipinski definition) is 1. The first-order chi connectivity index (χ1) is 7.66. The summed E-state index contributed by atoms with van der Waals surface area (Å²) >= 11 is 2.28. The topological polar surface area (TPSA) is 40.5 Å². The van der Waals surface area contributed by atoms with E-state index in [4.69, 9.17) is 5.11 Å². The summed E-state index contributed by atoms with van der Waals surface area (Å²) in [6.45, 7) is 1.64. The minimum Gasteiger partial charge on any atom is -0.480 e. The van der Waals surface area contributed by atoms with Crippen LogP contribution in [-0.4, -0.2) is 28.6 Å². The highest BCUT2D eigenvalue weighted by atomic mass is 127. The molecule has 1 aromatic carbocycles. The van der Waals surface area contributed by atoms with Crippen molar-refractivity contribution in [2.45, 2.75) is 25.4 Å². The van der Waals surface area contributed by atoms with Crippen LogP contribution in [0.5, 0.6) is 0 Å². The van der Waals surface area contributed by atoms with Gasteiger partial charge in [0.25, 0.3) is 0 Å². The Morgan fingerprint density at radius 3 is 3.06 bits per heavy atom. The van der Waals surface area contributed by atoms with Gasteiger partial charge in [-0.2, -0.15) is 0 Å². The van der Waals surface area contributed by atoms with E-state index in [1.54, 1.807) is 0 Å². The fraction of sp³-hybridized carbons (Fsp3) is 0.417. The Kier molecular flexibility index (Phi) is 3.81. The third-order valence-corrected chi connectivity index (χ3v) is 3.59. The molecule has 0 spiro atoms. The van der Waals surface area contributed by atoms with Gasteiger partial charge in [-0.1, -0.05) is 12.1 Å². The Bertz CT molecular complexity index is 394. The maximum absolute atomic E-state index is 11.0. The van der Waals surface area contributed by atoms with E-state index in [-0.39, 0.29) is 6.04 Å². The van der Waals surface area contributed by atoms with E-state index >= 15 is 0 Å². The molecule has 1 N–H and O–H groups in total. The van der Waals surface area contributed by atoms with Crippen LogP contribution in [0.15, 0.2) is 24.3 Å². The molecule has 1 fully saturated rings. The van der Waals surface area contributed by atoms with Crippen molar-refractivity contribution < 1.29 is 9.90 Å². The molecule has 1 saturated heterocycles. The van der Waals surface area contributed by atoms with Crippen LogP contribution < -0.4 is 0 Å². The summed E-state index contributed by atoms with van der Waals surface area (Å²) in [5, 5.41) is 9.07. The SMILES string of the molecule is O=C(O)[C@@H]1CCCN1Cc1cccc(I)c1. The van der Waals surface area contributed by atoms with Crippen molar-refractivity contribution in [3.05, 3.63) is 33.4 Å². The Hall–Kier alpha value is -0.620. The Labute approximate surface area is 109 Å². The monoisotopic (exact) mass is 331 g/mol. The number of likely N-dealkylation sites (tertiary alicyclic amines) is 1. The van der Waals surface area contributed by atoms with E-state index < -0.39 is 5.97 Å². The summed E-state index contributed by atoms with van der Waals surface area (Å²) in [5.74, 6) is -0.692. The lowest BCUT2D eigenvalue weighted by Gasteiger charge is -2.20. The quantitative estimate of drug-likeness (QED) is 0.865. The fourth-order valence-corrected chi connectivity index (χ4v) is 2.77. The highest BCUT2D eigenvalue weighted by Gasteiger charge is 2.30. The van der Waals surface area contributed by atoms with Gasteiger partial charge in [0, 0.05) is 10.1 Å². The number of carboxylic acid groups (broad SMARTS) is 1. The number of rotatable bonds is 3. The van der Waals surface area contributed by atoms with Gasteiger partial charge in [-0.3, -0.25) is 9.69 Å². The van der Waals surface area contributed by atoms with E-state index in [1.165, 1.54) is 9.13 Å². The lowest BCUT2D eigenvalue weighted by atomic mass is 10.2. The minimum absolute atomic E-state index is 0.294. The number of nitrogens with zero attached hydrogens (tertiary/aromatic N) is 1. The third-order valence-electron chi connectivity index (χ3n) is 2.92. The summed E-state index contributed by atoms with van der Waals surface area (Å²) in [6.07, 6.45) is 1.76. The van der Waals surface area contributed by atoms with Gasteiger partial charge in [0.2, 0.25) is 0 Å². The summed E-state index contributed by atoms with van der Waals surface area (Å²) < 4.78 is 1.20. The van der Waals surface area contributed by atoms with Crippen molar-refractivity contribution in [3.8, 4) is 0 Å². The average molecular weight is 331 g/mol.